The summed E-state index contributed by atoms with van der Waals surface area (Å²) in [4.78, 5) is 10.8. The first-order chi connectivity index (χ1) is 9.24. The Morgan fingerprint density at radius 1 is 1.47 bits per heavy atom. The maximum atomic E-state index is 5.71. The fourth-order valence-corrected chi connectivity index (χ4v) is 2.49. The zero-order valence-electron chi connectivity index (χ0n) is 11.9. The number of hydrogen-bond acceptors (Lipinski definition) is 5. The molecule has 1 atom stereocenters. The molecule has 5 heteroatoms. The number of nitrogens with zero attached hydrogens (tertiary/aromatic N) is 3. The fourth-order valence-electron chi connectivity index (χ4n) is 2.49. The van der Waals surface area contributed by atoms with Crippen LogP contribution in [0, 0.1) is 5.92 Å². The Kier molecular flexibility index (Phi) is 4.96. The first-order valence-electron chi connectivity index (χ1n) is 7.18. The lowest BCUT2D eigenvalue weighted by Gasteiger charge is -2.20. The molecule has 0 aromatic carbocycles. The van der Waals surface area contributed by atoms with E-state index in [0.717, 1.165) is 51.4 Å². The molecule has 0 aliphatic carbocycles. The molecule has 5 nitrogen and oxygen atoms in total. The van der Waals surface area contributed by atoms with Crippen LogP contribution in [0.15, 0.2) is 6.20 Å². The first kappa shape index (κ1) is 14.1. The molecule has 0 radical (unpaired) electrons. The molecule has 1 unspecified atom stereocenters. The van der Waals surface area contributed by atoms with Crippen molar-refractivity contribution < 1.29 is 4.74 Å². The van der Waals surface area contributed by atoms with E-state index in [1.807, 2.05) is 6.20 Å². The predicted molar refractivity (Wildman–Crippen MR) is 77.3 cm³/mol. The van der Waals surface area contributed by atoms with E-state index in [0.29, 0.717) is 11.9 Å². The Labute approximate surface area is 115 Å². The molecule has 2 rings (SSSR count). The van der Waals surface area contributed by atoms with Gasteiger partial charge in [0.1, 0.15) is 5.82 Å². The Bertz CT molecular complexity index is 410. The van der Waals surface area contributed by atoms with Crippen molar-refractivity contribution in [2.45, 2.75) is 33.1 Å². The molecule has 0 saturated carbocycles. The van der Waals surface area contributed by atoms with Crippen LogP contribution in [0.4, 0.5) is 11.8 Å². The van der Waals surface area contributed by atoms with Crippen LogP contribution in [0.3, 0.4) is 0 Å². The van der Waals surface area contributed by atoms with E-state index in [-0.39, 0.29) is 0 Å². The van der Waals surface area contributed by atoms with Crippen molar-refractivity contribution in [3.8, 4) is 0 Å². The normalized spacial score (nSPS) is 19.1. The van der Waals surface area contributed by atoms with E-state index in [9.17, 15) is 0 Å². The van der Waals surface area contributed by atoms with Crippen molar-refractivity contribution in [1.29, 1.82) is 0 Å². The third-order valence-corrected chi connectivity index (χ3v) is 3.53. The van der Waals surface area contributed by atoms with Crippen molar-refractivity contribution in [1.82, 2.24) is 9.97 Å². The van der Waals surface area contributed by atoms with Crippen LogP contribution in [0.1, 0.15) is 32.3 Å². The minimum atomic E-state index is 0.359. The van der Waals surface area contributed by atoms with E-state index in [1.165, 1.54) is 5.56 Å². The van der Waals surface area contributed by atoms with Gasteiger partial charge in [0.2, 0.25) is 5.95 Å². The molecule has 1 aliphatic rings. The molecule has 1 aromatic heterocycles. The molecule has 1 saturated heterocycles. The maximum Gasteiger partial charge on any atom is 0.221 e. The number of aryl methyl sites for hydroxylation is 1. The van der Waals surface area contributed by atoms with Gasteiger partial charge in [0, 0.05) is 37.4 Å². The Hall–Kier alpha value is -1.36. The summed E-state index contributed by atoms with van der Waals surface area (Å²) in [5, 5.41) is 0. The molecule has 1 aliphatic heterocycles. The largest absolute Gasteiger partial charge is 0.381 e. The monoisotopic (exact) mass is 264 g/mol. The van der Waals surface area contributed by atoms with Gasteiger partial charge in [0.25, 0.3) is 0 Å². The Morgan fingerprint density at radius 3 is 3.05 bits per heavy atom. The van der Waals surface area contributed by atoms with E-state index >= 15 is 0 Å². The molecule has 0 bridgehead atoms. The number of anilines is 2. The second-order valence-electron chi connectivity index (χ2n) is 5.11. The molecule has 0 amide bonds. The average Bonchev–Trinajstić information content (AvgIpc) is 2.88. The van der Waals surface area contributed by atoms with E-state index < -0.39 is 0 Å². The van der Waals surface area contributed by atoms with Gasteiger partial charge in [0.15, 0.2) is 0 Å². The quantitative estimate of drug-likeness (QED) is 0.795. The van der Waals surface area contributed by atoms with Crippen molar-refractivity contribution >= 4 is 11.8 Å². The highest BCUT2D eigenvalue weighted by Gasteiger charge is 2.25. The lowest BCUT2D eigenvalue weighted by molar-refractivity contribution is 0.106. The molecule has 1 aromatic rings. The van der Waals surface area contributed by atoms with Gasteiger partial charge < -0.3 is 15.4 Å². The van der Waals surface area contributed by atoms with Gasteiger partial charge in [-0.25, -0.2) is 4.98 Å². The summed E-state index contributed by atoms with van der Waals surface area (Å²) in [6.07, 6.45) is 5.03. The van der Waals surface area contributed by atoms with Gasteiger partial charge in [0.05, 0.1) is 6.61 Å². The highest BCUT2D eigenvalue weighted by molar-refractivity contribution is 5.49. The van der Waals surface area contributed by atoms with Crippen molar-refractivity contribution in [2.75, 3.05) is 36.9 Å². The summed E-state index contributed by atoms with van der Waals surface area (Å²) < 4.78 is 5.65. The molecule has 0 spiro atoms. The second kappa shape index (κ2) is 6.70. The average molecular weight is 264 g/mol. The standard InChI is InChI=1S/C14H24N4O/c1-3-7-19-10-11-5-6-18(9-11)13-12(4-2)8-16-14(15)17-13/h8,11H,3-7,9-10H2,1-2H3,(H2,15,16,17). The highest BCUT2D eigenvalue weighted by atomic mass is 16.5. The number of hydrogen-bond donors (Lipinski definition) is 1. The summed E-state index contributed by atoms with van der Waals surface area (Å²) in [6.45, 7) is 8.01. The summed E-state index contributed by atoms with van der Waals surface area (Å²) in [7, 11) is 0. The van der Waals surface area contributed by atoms with Crippen LogP contribution in [-0.2, 0) is 11.2 Å². The Balaban J connectivity index is 1.98. The van der Waals surface area contributed by atoms with E-state index in [4.69, 9.17) is 10.5 Å². The molecular weight excluding hydrogens is 240 g/mol. The van der Waals surface area contributed by atoms with E-state index in [1.54, 1.807) is 0 Å². The van der Waals surface area contributed by atoms with Crippen LogP contribution in [0.25, 0.3) is 0 Å². The number of nitrogen functional groups attached to an aromatic ring is 1. The van der Waals surface area contributed by atoms with Crippen molar-refractivity contribution in [3.05, 3.63) is 11.8 Å². The Morgan fingerprint density at radius 2 is 2.32 bits per heavy atom. The lowest BCUT2D eigenvalue weighted by Crippen LogP contribution is -2.24. The fraction of sp³-hybridized carbons (Fsp3) is 0.714. The smallest absolute Gasteiger partial charge is 0.221 e. The molecule has 1 fully saturated rings. The zero-order chi connectivity index (χ0) is 13.7. The SMILES string of the molecule is CCCOCC1CCN(c2nc(N)ncc2CC)C1. The summed E-state index contributed by atoms with van der Waals surface area (Å²) in [5.74, 6) is 1.97. The molecular formula is C14H24N4O. The highest BCUT2D eigenvalue weighted by Crippen LogP contribution is 2.26. The van der Waals surface area contributed by atoms with Gasteiger partial charge in [-0.05, 0) is 19.3 Å². The number of nitrogens with two attached hydrogens (primary N) is 1. The predicted octanol–water partition coefficient (Wildman–Crippen LogP) is 1.87. The minimum Gasteiger partial charge on any atom is -0.381 e. The summed E-state index contributed by atoms with van der Waals surface area (Å²) in [6, 6.07) is 0. The molecule has 2 heterocycles. The molecule has 106 valence electrons. The number of aromatic nitrogens is 2. The number of ether oxygens (including phenoxy) is 1. The van der Waals surface area contributed by atoms with Gasteiger partial charge >= 0.3 is 0 Å². The second-order valence-corrected chi connectivity index (χ2v) is 5.11. The summed E-state index contributed by atoms with van der Waals surface area (Å²) >= 11 is 0. The minimum absolute atomic E-state index is 0.359. The maximum absolute atomic E-state index is 5.71. The third kappa shape index (κ3) is 3.56. The van der Waals surface area contributed by atoms with Gasteiger partial charge in [-0.3, -0.25) is 0 Å². The van der Waals surface area contributed by atoms with Crippen LogP contribution in [0.5, 0.6) is 0 Å². The zero-order valence-corrected chi connectivity index (χ0v) is 11.9. The van der Waals surface area contributed by atoms with Gasteiger partial charge in [-0.1, -0.05) is 13.8 Å². The number of rotatable bonds is 6. The van der Waals surface area contributed by atoms with Crippen LogP contribution < -0.4 is 10.6 Å². The summed E-state index contributed by atoms with van der Waals surface area (Å²) in [5.41, 5.74) is 6.88. The van der Waals surface area contributed by atoms with Crippen molar-refractivity contribution in [3.63, 3.8) is 0 Å². The lowest BCUT2D eigenvalue weighted by atomic mass is 10.1. The first-order valence-corrected chi connectivity index (χ1v) is 7.18. The van der Waals surface area contributed by atoms with E-state index in [2.05, 4.69) is 28.7 Å². The van der Waals surface area contributed by atoms with Crippen LogP contribution >= 0.6 is 0 Å². The molecule has 19 heavy (non-hydrogen) atoms. The van der Waals surface area contributed by atoms with Crippen LogP contribution in [-0.4, -0.2) is 36.3 Å². The van der Waals surface area contributed by atoms with Gasteiger partial charge in [-0.2, -0.15) is 4.98 Å². The van der Waals surface area contributed by atoms with Crippen LogP contribution in [0.2, 0.25) is 0 Å². The molecule has 2 N–H and O–H groups in total. The van der Waals surface area contributed by atoms with Gasteiger partial charge in [-0.15, -0.1) is 0 Å². The van der Waals surface area contributed by atoms with Crippen molar-refractivity contribution in [2.24, 2.45) is 5.92 Å². The topological polar surface area (TPSA) is 64.3 Å². The third-order valence-electron chi connectivity index (χ3n) is 3.53.